The molecule has 0 spiro atoms. The Labute approximate surface area is 76.3 Å². The zero-order chi connectivity index (χ0) is 11.0. The minimum atomic E-state index is -2.18. The lowest BCUT2D eigenvalue weighted by atomic mass is 10.1. The third-order valence-electron chi connectivity index (χ3n) is 1.70. The van der Waals surface area contributed by atoms with Gasteiger partial charge in [-0.2, -0.15) is 0 Å². The van der Waals surface area contributed by atoms with Crippen LogP contribution in [0.15, 0.2) is 0 Å². The fourth-order valence-electron chi connectivity index (χ4n) is 1.02. The van der Waals surface area contributed by atoms with Crippen molar-refractivity contribution in [2.45, 2.75) is 13.0 Å². The molecule has 6 heteroatoms. The predicted molar refractivity (Wildman–Crippen MR) is 38.8 cm³/mol. The van der Waals surface area contributed by atoms with E-state index in [-0.39, 0.29) is 0 Å². The largest absolute Gasteiger partial charge is 0.324 e. The van der Waals surface area contributed by atoms with E-state index in [0.29, 0.717) is 0 Å². The molecule has 0 aliphatic rings. The van der Waals surface area contributed by atoms with Crippen LogP contribution in [0.5, 0.6) is 0 Å². The Kier molecular flexibility index (Phi) is 2.75. The first-order valence-corrected chi connectivity index (χ1v) is 3.64. The summed E-state index contributed by atoms with van der Waals surface area (Å²) in [5, 5.41) is 0. The Morgan fingerprint density at radius 1 is 0.786 bits per heavy atom. The van der Waals surface area contributed by atoms with Crippen molar-refractivity contribution in [3.63, 3.8) is 0 Å². The molecule has 0 fully saturated rings. The van der Waals surface area contributed by atoms with Gasteiger partial charge in [-0.1, -0.05) is 0 Å². The molecular weight excluding hydrogens is 205 g/mol. The summed E-state index contributed by atoms with van der Waals surface area (Å²) in [6, 6.07) is -1.26. The van der Waals surface area contributed by atoms with E-state index in [1.165, 1.54) is 0 Å². The van der Waals surface area contributed by atoms with Crippen molar-refractivity contribution in [3.05, 3.63) is 34.6 Å². The number of hydrogen-bond donors (Lipinski definition) is 1. The zero-order valence-electron chi connectivity index (χ0n) is 7.04. The molecule has 0 bridgehead atoms. The maximum Gasteiger partial charge on any atom is 0.200 e. The molecule has 0 heterocycles. The first-order valence-electron chi connectivity index (χ1n) is 3.64. The number of benzene rings is 1. The molecular formula is C8H6F5N. The van der Waals surface area contributed by atoms with Crippen molar-refractivity contribution in [2.24, 2.45) is 5.73 Å². The van der Waals surface area contributed by atoms with Gasteiger partial charge in [0.2, 0.25) is 5.82 Å². The molecule has 14 heavy (non-hydrogen) atoms. The standard InChI is InChI=1S/C8H6F5N/c1-2(14)3-4(9)6(11)8(13)7(12)5(3)10/h2H,14H2,1H3. The summed E-state index contributed by atoms with van der Waals surface area (Å²) in [6.07, 6.45) is 0. The van der Waals surface area contributed by atoms with Crippen molar-refractivity contribution < 1.29 is 22.0 Å². The Morgan fingerprint density at radius 3 is 1.36 bits per heavy atom. The first-order chi connectivity index (χ1) is 6.37. The quantitative estimate of drug-likeness (QED) is 0.431. The Bertz CT molecular complexity index is 345. The van der Waals surface area contributed by atoms with Crippen molar-refractivity contribution in [1.29, 1.82) is 0 Å². The van der Waals surface area contributed by atoms with Crippen LogP contribution in [-0.4, -0.2) is 0 Å². The summed E-state index contributed by atoms with van der Waals surface area (Å²) in [6.45, 7) is 1.12. The molecule has 1 rings (SSSR count). The van der Waals surface area contributed by atoms with Gasteiger partial charge in [0.15, 0.2) is 23.3 Å². The molecule has 1 unspecified atom stereocenters. The Morgan fingerprint density at radius 2 is 1.07 bits per heavy atom. The van der Waals surface area contributed by atoms with Crippen molar-refractivity contribution >= 4 is 0 Å². The highest BCUT2D eigenvalue weighted by Gasteiger charge is 2.26. The third kappa shape index (κ3) is 1.45. The molecule has 1 aromatic carbocycles. The van der Waals surface area contributed by atoms with Crippen LogP contribution in [0.4, 0.5) is 22.0 Å². The minimum Gasteiger partial charge on any atom is -0.324 e. The van der Waals surface area contributed by atoms with Gasteiger partial charge >= 0.3 is 0 Å². The van der Waals surface area contributed by atoms with E-state index in [9.17, 15) is 22.0 Å². The van der Waals surface area contributed by atoms with Crippen LogP contribution in [0.3, 0.4) is 0 Å². The van der Waals surface area contributed by atoms with Gasteiger partial charge in [-0.05, 0) is 6.92 Å². The van der Waals surface area contributed by atoms with Crippen molar-refractivity contribution in [1.82, 2.24) is 0 Å². The van der Waals surface area contributed by atoms with Crippen LogP contribution in [0.25, 0.3) is 0 Å². The van der Waals surface area contributed by atoms with Crippen LogP contribution in [0, 0.1) is 29.1 Å². The van der Waals surface area contributed by atoms with E-state index >= 15 is 0 Å². The molecule has 0 amide bonds. The van der Waals surface area contributed by atoms with Crippen LogP contribution in [-0.2, 0) is 0 Å². The lowest BCUT2D eigenvalue weighted by Gasteiger charge is -2.10. The highest BCUT2D eigenvalue weighted by Crippen LogP contribution is 2.26. The number of halogens is 5. The van der Waals surface area contributed by atoms with Gasteiger partial charge in [0, 0.05) is 11.6 Å². The summed E-state index contributed by atoms with van der Waals surface area (Å²) in [5.41, 5.74) is 4.07. The predicted octanol–water partition coefficient (Wildman–Crippen LogP) is 2.40. The lowest BCUT2D eigenvalue weighted by Crippen LogP contribution is -2.15. The minimum absolute atomic E-state index is 0.999. The van der Waals surface area contributed by atoms with Gasteiger partial charge in [-0.25, -0.2) is 22.0 Å². The van der Waals surface area contributed by atoms with E-state index < -0.39 is 40.7 Å². The topological polar surface area (TPSA) is 26.0 Å². The van der Waals surface area contributed by atoms with Crippen LogP contribution in [0.2, 0.25) is 0 Å². The summed E-state index contributed by atoms with van der Waals surface area (Å²) in [5.74, 6) is -9.88. The second-order valence-electron chi connectivity index (χ2n) is 2.77. The lowest BCUT2D eigenvalue weighted by molar-refractivity contribution is 0.366. The zero-order valence-corrected chi connectivity index (χ0v) is 7.04. The maximum atomic E-state index is 12.9. The van der Waals surface area contributed by atoms with Gasteiger partial charge in [0.05, 0.1) is 0 Å². The monoisotopic (exact) mass is 211 g/mol. The third-order valence-corrected chi connectivity index (χ3v) is 1.70. The average molecular weight is 211 g/mol. The summed E-state index contributed by atoms with van der Waals surface area (Å²) in [4.78, 5) is 0. The smallest absolute Gasteiger partial charge is 0.200 e. The Hall–Kier alpha value is -1.17. The first kappa shape index (κ1) is 10.9. The van der Waals surface area contributed by atoms with E-state index in [4.69, 9.17) is 5.73 Å². The van der Waals surface area contributed by atoms with Crippen LogP contribution < -0.4 is 5.73 Å². The number of nitrogens with two attached hydrogens (primary N) is 1. The average Bonchev–Trinajstić information content (AvgIpc) is 2.11. The second kappa shape index (κ2) is 3.53. The normalized spacial score (nSPS) is 13.1. The fraction of sp³-hybridized carbons (Fsp3) is 0.250. The molecule has 0 aromatic heterocycles. The van der Waals surface area contributed by atoms with Gasteiger partial charge < -0.3 is 5.73 Å². The number of rotatable bonds is 1. The highest BCUT2D eigenvalue weighted by molar-refractivity contribution is 5.26. The van der Waals surface area contributed by atoms with Gasteiger partial charge in [-0.15, -0.1) is 0 Å². The highest BCUT2D eigenvalue weighted by atomic mass is 19.2. The molecule has 2 N–H and O–H groups in total. The summed E-state index contributed by atoms with van der Waals surface area (Å²) >= 11 is 0. The van der Waals surface area contributed by atoms with Crippen molar-refractivity contribution in [3.8, 4) is 0 Å². The molecule has 0 aliphatic carbocycles. The van der Waals surface area contributed by atoms with E-state index in [0.717, 1.165) is 6.92 Å². The molecule has 1 aromatic rings. The van der Waals surface area contributed by atoms with Gasteiger partial charge in [0.25, 0.3) is 0 Å². The summed E-state index contributed by atoms with van der Waals surface area (Å²) < 4.78 is 63.3. The maximum absolute atomic E-state index is 12.9. The fourth-order valence-corrected chi connectivity index (χ4v) is 1.02. The molecule has 0 aliphatic heterocycles. The van der Waals surface area contributed by atoms with E-state index in [2.05, 4.69) is 0 Å². The van der Waals surface area contributed by atoms with Crippen LogP contribution >= 0.6 is 0 Å². The van der Waals surface area contributed by atoms with Gasteiger partial charge in [-0.3, -0.25) is 0 Å². The van der Waals surface area contributed by atoms with Crippen LogP contribution in [0.1, 0.15) is 18.5 Å². The molecule has 1 atom stereocenters. The van der Waals surface area contributed by atoms with Gasteiger partial charge in [0.1, 0.15) is 0 Å². The summed E-state index contributed by atoms with van der Waals surface area (Å²) in [7, 11) is 0. The molecule has 0 saturated heterocycles. The molecule has 78 valence electrons. The Balaban J connectivity index is 3.60. The van der Waals surface area contributed by atoms with E-state index in [1.54, 1.807) is 0 Å². The van der Waals surface area contributed by atoms with Crippen molar-refractivity contribution in [2.75, 3.05) is 0 Å². The number of hydrogen-bond acceptors (Lipinski definition) is 1. The second-order valence-corrected chi connectivity index (χ2v) is 2.77. The van der Waals surface area contributed by atoms with E-state index in [1.807, 2.05) is 0 Å². The molecule has 1 nitrogen and oxygen atoms in total. The molecule has 0 saturated carbocycles. The SMILES string of the molecule is CC(N)c1c(F)c(F)c(F)c(F)c1F. The molecule has 0 radical (unpaired) electrons.